The second kappa shape index (κ2) is 6.07. The molecule has 3 unspecified atom stereocenters. The summed E-state index contributed by atoms with van der Waals surface area (Å²) in [6, 6.07) is 2.75. The van der Waals surface area contributed by atoms with Gasteiger partial charge in [0.05, 0.1) is 23.8 Å². The predicted molar refractivity (Wildman–Crippen MR) is 78.0 cm³/mol. The number of hydrogen-bond donors (Lipinski definition) is 2. The number of rotatable bonds is 4. The summed E-state index contributed by atoms with van der Waals surface area (Å²) in [6.07, 6.45) is 7.78. The molecule has 3 nitrogen and oxygen atoms in total. The maximum Gasteiger partial charge on any atom is 0.0549 e. The molecule has 1 fully saturated rings. The van der Waals surface area contributed by atoms with Crippen molar-refractivity contribution in [2.24, 2.45) is 11.8 Å². The molecule has 1 heterocycles. The molecule has 0 aliphatic heterocycles. The monoisotopic (exact) mass is 247 g/mol. The van der Waals surface area contributed by atoms with E-state index in [1.54, 1.807) is 0 Å². The van der Waals surface area contributed by atoms with Gasteiger partial charge in [0, 0.05) is 12.6 Å². The van der Waals surface area contributed by atoms with Gasteiger partial charge in [-0.1, -0.05) is 26.7 Å². The molecule has 3 atom stereocenters. The van der Waals surface area contributed by atoms with Gasteiger partial charge in [0.25, 0.3) is 0 Å². The van der Waals surface area contributed by atoms with E-state index in [0.29, 0.717) is 6.04 Å². The van der Waals surface area contributed by atoms with E-state index in [-0.39, 0.29) is 0 Å². The molecule has 1 aromatic heterocycles. The standard InChI is InChI=1S/C15H25N3/c1-4-17-13-8-14(10-16-9-13)18-15-7-5-6-11(2)12(15)3/h8-12,15,17-18H,4-7H2,1-3H3. The highest BCUT2D eigenvalue weighted by Crippen LogP contribution is 2.31. The van der Waals surface area contributed by atoms with Crippen LogP contribution < -0.4 is 10.6 Å². The van der Waals surface area contributed by atoms with E-state index in [9.17, 15) is 0 Å². The molecule has 0 spiro atoms. The lowest BCUT2D eigenvalue weighted by Gasteiger charge is -2.35. The van der Waals surface area contributed by atoms with Crippen LogP contribution in [-0.4, -0.2) is 17.6 Å². The van der Waals surface area contributed by atoms with Crippen molar-refractivity contribution in [2.45, 2.75) is 46.1 Å². The predicted octanol–water partition coefficient (Wildman–Crippen LogP) is 3.75. The normalized spacial score (nSPS) is 27.8. The topological polar surface area (TPSA) is 37.0 Å². The van der Waals surface area contributed by atoms with Crippen LogP contribution in [0.5, 0.6) is 0 Å². The van der Waals surface area contributed by atoms with E-state index in [2.05, 4.69) is 42.5 Å². The Morgan fingerprint density at radius 3 is 2.78 bits per heavy atom. The van der Waals surface area contributed by atoms with Crippen LogP contribution in [0.25, 0.3) is 0 Å². The lowest BCUT2D eigenvalue weighted by molar-refractivity contribution is 0.253. The first-order valence-electron chi connectivity index (χ1n) is 7.16. The fourth-order valence-corrected chi connectivity index (χ4v) is 2.82. The molecule has 0 bridgehead atoms. The summed E-state index contributed by atoms with van der Waals surface area (Å²) >= 11 is 0. The highest BCUT2D eigenvalue weighted by atomic mass is 15.0. The smallest absolute Gasteiger partial charge is 0.0549 e. The summed E-state index contributed by atoms with van der Waals surface area (Å²) in [5.74, 6) is 1.56. The Balaban J connectivity index is 2.01. The lowest BCUT2D eigenvalue weighted by atomic mass is 9.78. The molecular weight excluding hydrogens is 222 g/mol. The first-order valence-corrected chi connectivity index (χ1v) is 7.16. The molecular formula is C15H25N3. The summed E-state index contributed by atoms with van der Waals surface area (Å²) in [5, 5.41) is 6.96. The molecule has 0 saturated heterocycles. The largest absolute Gasteiger partial charge is 0.384 e. The van der Waals surface area contributed by atoms with Crippen LogP contribution >= 0.6 is 0 Å². The highest BCUT2D eigenvalue weighted by Gasteiger charge is 2.26. The van der Waals surface area contributed by atoms with Gasteiger partial charge in [-0.3, -0.25) is 4.98 Å². The van der Waals surface area contributed by atoms with Crippen molar-refractivity contribution in [1.82, 2.24) is 4.98 Å². The summed E-state index contributed by atoms with van der Waals surface area (Å²) in [4.78, 5) is 4.29. The maximum absolute atomic E-state index is 4.29. The van der Waals surface area contributed by atoms with Gasteiger partial charge in [-0.2, -0.15) is 0 Å². The number of aromatic nitrogens is 1. The molecule has 2 N–H and O–H groups in total. The van der Waals surface area contributed by atoms with Crippen LogP contribution in [0.15, 0.2) is 18.5 Å². The number of hydrogen-bond acceptors (Lipinski definition) is 3. The van der Waals surface area contributed by atoms with E-state index in [0.717, 1.165) is 29.8 Å². The van der Waals surface area contributed by atoms with Crippen LogP contribution in [-0.2, 0) is 0 Å². The van der Waals surface area contributed by atoms with Crippen molar-refractivity contribution in [1.29, 1.82) is 0 Å². The molecule has 18 heavy (non-hydrogen) atoms. The first-order chi connectivity index (χ1) is 8.70. The number of nitrogens with zero attached hydrogens (tertiary/aromatic N) is 1. The van der Waals surface area contributed by atoms with Crippen molar-refractivity contribution in [3.63, 3.8) is 0 Å². The average Bonchev–Trinajstić information content (AvgIpc) is 2.36. The third-order valence-corrected chi connectivity index (χ3v) is 4.18. The first kappa shape index (κ1) is 13.2. The van der Waals surface area contributed by atoms with Crippen LogP contribution in [0.1, 0.15) is 40.0 Å². The second-order valence-corrected chi connectivity index (χ2v) is 5.51. The molecule has 1 aromatic rings. The number of anilines is 2. The minimum absolute atomic E-state index is 0.590. The Kier molecular flexibility index (Phi) is 4.45. The minimum Gasteiger partial charge on any atom is -0.384 e. The van der Waals surface area contributed by atoms with Crippen LogP contribution in [0.2, 0.25) is 0 Å². The molecule has 1 saturated carbocycles. The van der Waals surface area contributed by atoms with Gasteiger partial charge in [-0.05, 0) is 31.2 Å². The van der Waals surface area contributed by atoms with E-state index in [4.69, 9.17) is 0 Å². The van der Waals surface area contributed by atoms with Gasteiger partial charge in [0.1, 0.15) is 0 Å². The molecule has 0 aromatic carbocycles. The zero-order chi connectivity index (χ0) is 13.0. The van der Waals surface area contributed by atoms with Gasteiger partial charge in [0.15, 0.2) is 0 Å². The molecule has 100 valence electrons. The fraction of sp³-hybridized carbons (Fsp3) is 0.667. The van der Waals surface area contributed by atoms with E-state index >= 15 is 0 Å². The maximum atomic E-state index is 4.29. The second-order valence-electron chi connectivity index (χ2n) is 5.51. The zero-order valence-corrected chi connectivity index (χ0v) is 11.7. The van der Waals surface area contributed by atoms with E-state index in [1.165, 1.54) is 19.3 Å². The van der Waals surface area contributed by atoms with Crippen LogP contribution in [0.4, 0.5) is 11.4 Å². The van der Waals surface area contributed by atoms with Gasteiger partial charge in [0.2, 0.25) is 0 Å². The Morgan fingerprint density at radius 1 is 1.22 bits per heavy atom. The Morgan fingerprint density at radius 2 is 2.00 bits per heavy atom. The van der Waals surface area contributed by atoms with Gasteiger partial charge < -0.3 is 10.6 Å². The van der Waals surface area contributed by atoms with Crippen molar-refractivity contribution in [2.75, 3.05) is 17.2 Å². The lowest BCUT2D eigenvalue weighted by Crippen LogP contribution is -2.35. The SMILES string of the molecule is CCNc1cncc(NC2CCCC(C)C2C)c1. The highest BCUT2D eigenvalue weighted by molar-refractivity contribution is 5.54. The average molecular weight is 247 g/mol. The van der Waals surface area contributed by atoms with Crippen LogP contribution in [0.3, 0.4) is 0 Å². The fourth-order valence-electron chi connectivity index (χ4n) is 2.82. The summed E-state index contributed by atoms with van der Waals surface area (Å²) < 4.78 is 0. The molecule has 0 radical (unpaired) electrons. The van der Waals surface area contributed by atoms with Gasteiger partial charge in [-0.25, -0.2) is 0 Å². The summed E-state index contributed by atoms with van der Waals surface area (Å²) in [7, 11) is 0. The van der Waals surface area contributed by atoms with Crippen LogP contribution in [0, 0.1) is 11.8 Å². The Bertz CT molecular complexity index is 378. The molecule has 0 amide bonds. The van der Waals surface area contributed by atoms with Crippen molar-refractivity contribution in [3.05, 3.63) is 18.5 Å². The zero-order valence-electron chi connectivity index (χ0n) is 11.7. The van der Waals surface area contributed by atoms with Crippen molar-refractivity contribution in [3.8, 4) is 0 Å². The Hall–Kier alpha value is -1.25. The quantitative estimate of drug-likeness (QED) is 0.851. The minimum atomic E-state index is 0.590. The van der Waals surface area contributed by atoms with Crippen molar-refractivity contribution < 1.29 is 0 Å². The van der Waals surface area contributed by atoms with Crippen molar-refractivity contribution >= 4 is 11.4 Å². The summed E-state index contributed by atoms with van der Waals surface area (Å²) in [5.41, 5.74) is 2.23. The molecule has 2 rings (SSSR count). The van der Waals surface area contributed by atoms with E-state index < -0.39 is 0 Å². The molecule has 1 aliphatic rings. The third kappa shape index (κ3) is 3.15. The van der Waals surface area contributed by atoms with Gasteiger partial charge >= 0.3 is 0 Å². The number of pyridine rings is 1. The third-order valence-electron chi connectivity index (χ3n) is 4.18. The molecule has 3 heteroatoms. The van der Waals surface area contributed by atoms with Gasteiger partial charge in [-0.15, -0.1) is 0 Å². The summed E-state index contributed by atoms with van der Waals surface area (Å²) in [6.45, 7) is 7.77. The number of nitrogens with one attached hydrogen (secondary N) is 2. The molecule has 1 aliphatic carbocycles. The Labute approximate surface area is 110 Å². The van der Waals surface area contributed by atoms with E-state index in [1.807, 2.05) is 12.4 Å².